The molecule has 0 aliphatic rings. The lowest BCUT2D eigenvalue weighted by Gasteiger charge is -2.24. The Morgan fingerprint density at radius 3 is 2.30 bits per heavy atom. The van der Waals surface area contributed by atoms with Crippen molar-refractivity contribution in [2.45, 2.75) is 20.8 Å². The van der Waals surface area contributed by atoms with Crippen LogP contribution in [0.25, 0.3) is 0 Å². The molecule has 0 unspecified atom stereocenters. The number of likely N-dealkylation sites (N-methyl/N-ethyl adjacent to an activating group) is 1. The molecule has 134 valence electrons. The number of guanidine groups is 1. The SMILES string of the molecule is C=CCNC(=NCC(=O)N(C)C)NCC(C)(C)C(=O)NCC.I. The van der Waals surface area contributed by atoms with Crippen LogP contribution in [0, 0.1) is 5.41 Å². The van der Waals surface area contributed by atoms with Gasteiger partial charge in [0.05, 0.1) is 5.41 Å². The number of halogens is 1. The van der Waals surface area contributed by atoms with E-state index >= 15 is 0 Å². The number of nitrogens with zero attached hydrogens (tertiary/aromatic N) is 2. The van der Waals surface area contributed by atoms with E-state index in [2.05, 4.69) is 27.5 Å². The first-order valence-electron chi connectivity index (χ1n) is 7.36. The highest BCUT2D eigenvalue weighted by Crippen LogP contribution is 2.13. The minimum Gasteiger partial charge on any atom is -0.356 e. The number of aliphatic imine (C=N–C) groups is 1. The van der Waals surface area contributed by atoms with E-state index in [9.17, 15) is 9.59 Å². The third-order valence-electron chi connectivity index (χ3n) is 2.93. The summed E-state index contributed by atoms with van der Waals surface area (Å²) in [6, 6.07) is 0. The zero-order valence-electron chi connectivity index (χ0n) is 14.7. The van der Waals surface area contributed by atoms with Crippen molar-refractivity contribution >= 4 is 41.8 Å². The van der Waals surface area contributed by atoms with E-state index in [0.29, 0.717) is 25.6 Å². The Balaban J connectivity index is 0. The maximum Gasteiger partial charge on any atom is 0.243 e. The molecule has 0 aromatic heterocycles. The Bertz CT molecular complexity index is 422. The standard InChI is InChI=1S/C15H29N5O2.HI/c1-7-9-17-14(18-10-12(21)20(5)6)19-11-15(3,4)13(22)16-8-2;/h7H,1,8-11H2,2-6H3,(H,16,22)(H2,17,18,19);1H. The van der Waals surface area contributed by atoms with E-state index in [0.717, 1.165) is 0 Å². The molecule has 8 heteroatoms. The van der Waals surface area contributed by atoms with Crippen LogP contribution in [0.15, 0.2) is 17.6 Å². The first kappa shape index (κ1) is 23.9. The van der Waals surface area contributed by atoms with Gasteiger partial charge in [-0.05, 0) is 20.8 Å². The second-order valence-electron chi connectivity index (χ2n) is 5.72. The van der Waals surface area contributed by atoms with Crippen LogP contribution in [0.3, 0.4) is 0 Å². The molecule has 0 aliphatic heterocycles. The summed E-state index contributed by atoms with van der Waals surface area (Å²) in [4.78, 5) is 29.2. The predicted octanol–water partition coefficient (Wildman–Crippen LogP) is 0.576. The first-order chi connectivity index (χ1) is 10.2. The molecule has 0 rings (SSSR count). The predicted molar refractivity (Wildman–Crippen MR) is 105 cm³/mol. The highest BCUT2D eigenvalue weighted by molar-refractivity contribution is 14.0. The fourth-order valence-electron chi connectivity index (χ4n) is 1.42. The van der Waals surface area contributed by atoms with E-state index in [1.54, 1.807) is 20.2 Å². The number of hydrogen-bond acceptors (Lipinski definition) is 3. The summed E-state index contributed by atoms with van der Waals surface area (Å²) in [5.41, 5.74) is -0.585. The highest BCUT2D eigenvalue weighted by atomic mass is 127. The summed E-state index contributed by atoms with van der Waals surface area (Å²) in [6.45, 7) is 10.8. The molecule has 0 aromatic carbocycles. The van der Waals surface area contributed by atoms with Crippen LogP contribution in [0.4, 0.5) is 0 Å². The molecule has 0 atom stereocenters. The Morgan fingerprint density at radius 2 is 1.83 bits per heavy atom. The number of rotatable bonds is 8. The van der Waals surface area contributed by atoms with E-state index in [4.69, 9.17) is 0 Å². The smallest absolute Gasteiger partial charge is 0.243 e. The van der Waals surface area contributed by atoms with Gasteiger partial charge in [-0.15, -0.1) is 30.6 Å². The van der Waals surface area contributed by atoms with Gasteiger partial charge in [-0.2, -0.15) is 0 Å². The van der Waals surface area contributed by atoms with Gasteiger partial charge in [0, 0.05) is 33.7 Å². The van der Waals surface area contributed by atoms with Crippen LogP contribution in [0.2, 0.25) is 0 Å². The molecule has 0 aromatic rings. The van der Waals surface area contributed by atoms with Crippen LogP contribution in [-0.4, -0.2) is 62.9 Å². The fraction of sp³-hybridized carbons (Fsp3) is 0.667. The molecule has 0 saturated carbocycles. The quantitative estimate of drug-likeness (QED) is 0.224. The molecule has 0 bridgehead atoms. The van der Waals surface area contributed by atoms with Gasteiger partial charge in [-0.25, -0.2) is 4.99 Å². The first-order valence-corrected chi connectivity index (χ1v) is 7.36. The van der Waals surface area contributed by atoms with Crippen LogP contribution in [0.1, 0.15) is 20.8 Å². The molecule has 7 nitrogen and oxygen atoms in total. The van der Waals surface area contributed by atoms with Crippen molar-refractivity contribution in [1.29, 1.82) is 0 Å². The van der Waals surface area contributed by atoms with Crippen LogP contribution in [0.5, 0.6) is 0 Å². The second kappa shape index (κ2) is 12.1. The monoisotopic (exact) mass is 439 g/mol. The second-order valence-corrected chi connectivity index (χ2v) is 5.72. The number of nitrogens with one attached hydrogen (secondary N) is 3. The average Bonchev–Trinajstić information content (AvgIpc) is 2.46. The molecule has 2 amide bonds. The Hall–Kier alpha value is -1.32. The molecule has 0 aliphatic carbocycles. The zero-order chi connectivity index (χ0) is 17.2. The van der Waals surface area contributed by atoms with Gasteiger partial charge < -0.3 is 20.9 Å². The van der Waals surface area contributed by atoms with E-state index in [1.807, 2.05) is 20.8 Å². The minimum absolute atomic E-state index is 0. The van der Waals surface area contributed by atoms with Crippen molar-refractivity contribution in [2.24, 2.45) is 10.4 Å². The fourth-order valence-corrected chi connectivity index (χ4v) is 1.42. The number of hydrogen-bond donors (Lipinski definition) is 3. The summed E-state index contributed by atoms with van der Waals surface area (Å²) in [6.07, 6.45) is 1.69. The largest absolute Gasteiger partial charge is 0.356 e. The third-order valence-corrected chi connectivity index (χ3v) is 2.93. The van der Waals surface area contributed by atoms with Crippen LogP contribution < -0.4 is 16.0 Å². The third kappa shape index (κ3) is 10.1. The Kier molecular flexibility index (Phi) is 12.6. The summed E-state index contributed by atoms with van der Waals surface area (Å²) in [5.74, 6) is 0.352. The Morgan fingerprint density at radius 1 is 1.22 bits per heavy atom. The lowest BCUT2D eigenvalue weighted by atomic mass is 9.92. The summed E-state index contributed by atoms with van der Waals surface area (Å²) < 4.78 is 0. The number of carbonyl (C=O) groups is 2. The number of amides is 2. The minimum atomic E-state index is -0.585. The zero-order valence-corrected chi connectivity index (χ0v) is 17.1. The molecular formula is C15H30IN5O2. The summed E-state index contributed by atoms with van der Waals surface area (Å²) in [5, 5.41) is 8.92. The molecule has 0 spiro atoms. The molecular weight excluding hydrogens is 409 g/mol. The maximum atomic E-state index is 12.0. The normalized spacial score (nSPS) is 11.1. The summed E-state index contributed by atoms with van der Waals surface area (Å²) >= 11 is 0. The maximum absolute atomic E-state index is 12.0. The van der Waals surface area contributed by atoms with Crippen LogP contribution >= 0.6 is 24.0 Å². The van der Waals surface area contributed by atoms with E-state index in [-0.39, 0.29) is 42.3 Å². The van der Waals surface area contributed by atoms with Gasteiger partial charge in [0.25, 0.3) is 0 Å². The molecule has 3 N–H and O–H groups in total. The van der Waals surface area contributed by atoms with Crippen molar-refractivity contribution in [3.05, 3.63) is 12.7 Å². The Labute approximate surface area is 156 Å². The van der Waals surface area contributed by atoms with Crippen molar-refractivity contribution in [2.75, 3.05) is 40.3 Å². The topological polar surface area (TPSA) is 85.8 Å². The molecule has 0 radical (unpaired) electrons. The van der Waals surface area contributed by atoms with Crippen molar-refractivity contribution in [3.63, 3.8) is 0 Å². The van der Waals surface area contributed by atoms with E-state index in [1.165, 1.54) is 4.90 Å². The lowest BCUT2D eigenvalue weighted by Crippen LogP contribution is -2.48. The lowest BCUT2D eigenvalue weighted by molar-refractivity contribution is -0.129. The van der Waals surface area contributed by atoms with Crippen molar-refractivity contribution < 1.29 is 9.59 Å². The van der Waals surface area contributed by atoms with Crippen molar-refractivity contribution in [1.82, 2.24) is 20.9 Å². The average molecular weight is 439 g/mol. The molecule has 0 fully saturated rings. The summed E-state index contributed by atoms with van der Waals surface area (Å²) in [7, 11) is 3.36. The van der Waals surface area contributed by atoms with Gasteiger partial charge in [0.2, 0.25) is 11.8 Å². The number of carbonyl (C=O) groups excluding carboxylic acids is 2. The van der Waals surface area contributed by atoms with Gasteiger partial charge >= 0.3 is 0 Å². The molecule has 0 saturated heterocycles. The van der Waals surface area contributed by atoms with Gasteiger partial charge in [0.15, 0.2) is 5.96 Å². The van der Waals surface area contributed by atoms with E-state index < -0.39 is 5.41 Å². The molecule has 23 heavy (non-hydrogen) atoms. The molecule has 0 heterocycles. The van der Waals surface area contributed by atoms with Crippen LogP contribution in [-0.2, 0) is 9.59 Å². The van der Waals surface area contributed by atoms with Gasteiger partial charge in [0.1, 0.15) is 6.54 Å². The highest BCUT2D eigenvalue weighted by Gasteiger charge is 2.27. The van der Waals surface area contributed by atoms with Crippen molar-refractivity contribution in [3.8, 4) is 0 Å². The van der Waals surface area contributed by atoms with Gasteiger partial charge in [-0.3, -0.25) is 9.59 Å². The van der Waals surface area contributed by atoms with Gasteiger partial charge in [-0.1, -0.05) is 6.08 Å².